The van der Waals surface area contributed by atoms with Gasteiger partial charge in [-0.2, -0.15) is 0 Å². The van der Waals surface area contributed by atoms with Crippen molar-refractivity contribution in [3.63, 3.8) is 0 Å². The summed E-state index contributed by atoms with van der Waals surface area (Å²) < 4.78 is 5.08. The lowest BCUT2D eigenvalue weighted by Crippen LogP contribution is -2.36. The van der Waals surface area contributed by atoms with E-state index in [1.54, 1.807) is 6.07 Å². The van der Waals surface area contributed by atoms with E-state index in [1.807, 2.05) is 26.8 Å². The molecule has 0 saturated carbocycles. The van der Waals surface area contributed by atoms with Gasteiger partial charge in [-0.15, -0.1) is 0 Å². The predicted octanol–water partition coefficient (Wildman–Crippen LogP) is 2.99. The van der Waals surface area contributed by atoms with Gasteiger partial charge in [-0.1, -0.05) is 38.4 Å². The van der Waals surface area contributed by atoms with Gasteiger partial charge in [0.25, 0.3) is 5.56 Å². The zero-order valence-electron chi connectivity index (χ0n) is 15.5. The van der Waals surface area contributed by atoms with Crippen molar-refractivity contribution in [2.24, 2.45) is 0 Å². The highest BCUT2D eigenvalue weighted by Gasteiger charge is 2.25. The molecule has 26 heavy (non-hydrogen) atoms. The van der Waals surface area contributed by atoms with Gasteiger partial charge >= 0.3 is 0 Å². The first-order valence-electron chi connectivity index (χ1n) is 8.60. The van der Waals surface area contributed by atoms with Gasteiger partial charge < -0.3 is 14.8 Å². The Bertz CT molecular complexity index is 887. The number of benzene rings is 1. The predicted molar refractivity (Wildman–Crippen MR) is 101 cm³/mol. The number of phenols is 1. The lowest BCUT2D eigenvalue weighted by Gasteiger charge is -2.29. The maximum atomic E-state index is 12.4. The SMILES string of the molecule is COc1ccc(CN2CCc3c(nc(C(C)(C)C)[nH]c3=O)C2)c(Cl)c1O. The van der Waals surface area contributed by atoms with Crippen molar-refractivity contribution in [1.82, 2.24) is 14.9 Å². The number of aromatic hydroxyl groups is 1. The first-order valence-corrected chi connectivity index (χ1v) is 8.97. The van der Waals surface area contributed by atoms with Gasteiger partial charge in [0.15, 0.2) is 11.5 Å². The molecule has 7 heteroatoms. The van der Waals surface area contributed by atoms with Crippen LogP contribution in [0.1, 0.15) is 43.4 Å². The molecular formula is C19H24ClN3O3. The van der Waals surface area contributed by atoms with Crippen LogP contribution in [0.25, 0.3) is 0 Å². The quantitative estimate of drug-likeness (QED) is 0.859. The summed E-state index contributed by atoms with van der Waals surface area (Å²) in [5.74, 6) is 1.00. The summed E-state index contributed by atoms with van der Waals surface area (Å²) in [6.45, 7) is 7.95. The molecule has 3 rings (SSSR count). The van der Waals surface area contributed by atoms with Crippen molar-refractivity contribution in [2.75, 3.05) is 13.7 Å². The number of hydrogen-bond donors (Lipinski definition) is 2. The number of nitrogens with one attached hydrogen (secondary N) is 1. The van der Waals surface area contributed by atoms with Gasteiger partial charge in [0.1, 0.15) is 5.82 Å². The number of ether oxygens (including phenoxy) is 1. The highest BCUT2D eigenvalue weighted by atomic mass is 35.5. The fourth-order valence-corrected chi connectivity index (χ4v) is 3.32. The molecule has 1 aliphatic rings. The Morgan fingerprint density at radius 3 is 2.77 bits per heavy atom. The van der Waals surface area contributed by atoms with Gasteiger partial charge in [-0.25, -0.2) is 4.98 Å². The molecule has 1 aromatic heterocycles. The second kappa shape index (κ2) is 6.93. The van der Waals surface area contributed by atoms with Crippen LogP contribution < -0.4 is 10.3 Å². The molecule has 2 N–H and O–H groups in total. The minimum absolute atomic E-state index is 0.0419. The lowest BCUT2D eigenvalue weighted by atomic mass is 9.95. The van der Waals surface area contributed by atoms with E-state index in [0.717, 1.165) is 23.4 Å². The molecule has 1 aromatic carbocycles. The number of H-pyrrole nitrogens is 1. The Labute approximate surface area is 157 Å². The lowest BCUT2D eigenvalue weighted by molar-refractivity contribution is 0.239. The second-order valence-corrected chi connectivity index (χ2v) is 8.02. The van der Waals surface area contributed by atoms with Gasteiger partial charge in [0.05, 0.1) is 17.8 Å². The van der Waals surface area contributed by atoms with Crippen LogP contribution in [0.4, 0.5) is 0 Å². The molecule has 0 atom stereocenters. The number of aromatic amines is 1. The molecule has 0 spiro atoms. The van der Waals surface area contributed by atoms with Crippen LogP contribution in [0.5, 0.6) is 11.5 Å². The van der Waals surface area contributed by atoms with E-state index >= 15 is 0 Å². The first kappa shape index (κ1) is 18.7. The highest BCUT2D eigenvalue weighted by Crippen LogP contribution is 2.37. The van der Waals surface area contributed by atoms with Crippen LogP contribution in [0.15, 0.2) is 16.9 Å². The average molecular weight is 378 g/mol. The minimum Gasteiger partial charge on any atom is -0.503 e. The van der Waals surface area contributed by atoms with Crippen LogP contribution in [0.3, 0.4) is 0 Å². The molecule has 2 heterocycles. The van der Waals surface area contributed by atoms with E-state index in [0.29, 0.717) is 36.1 Å². The summed E-state index contributed by atoms with van der Waals surface area (Å²) >= 11 is 6.28. The van der Waals surface area contributed by atoms with Crippen molar-refractivity contribution in [3.05, 3.63) is 50.2 Å². The highest BCUT2D eigenvalue weighted by molar-refractivity contribution is 6.33. The topological polar surface area (TPSA) is 78.5 Å². The Morgan fingerprint density at radius 2 is 2.12 bits per heavy atom. The fourth-order valence-electron chi connectivity index (χ4n) is 3.10. The maximum Gasteiger partial charge on any atom is 0.254 e. The smallest absolute Gasteiger partial charge is 0.254 e. The number of rotatable bonds is 3. The molecule has 0 aliphatic carbocycles. The van der Waals surface area contributed by atoms with Crippen molar-refractivity contribution >= 4 is 11.6 Å². The van der Waals surface area contributed by atoms with E-state index < -0.39 is 0 Å². The number of halogens is 1. The molecule has 1 aliphatic heterocycles. The molecular weight excluding hydrogens is 354 g/mol. The third kappa shape index (κ3) is 3.57. The van der Waals surface area contributed by atoms with Crippen LogP contribution in [0, 0.1) is 0 Å². The van der Waals surface area contributed by atoms with Crippen LogP contribution >= 0.6 is 11.6 Å². The van der Waals surface area contributed by atoms with Gasteiger partial charge in [-0.05, 0) is 18.1 Å². The summed E-state index contributed by atoms with van der Waals surface area (Å²) in [6, 6.07) is 3.55. The van der Waals surface area contributed by atoms with Crippen LogP contribution in [0.2, 0.25) is 5.02 Å². The molecule has 0 amide bonds. The normalized spacial score (nSPS) is 15.0. The van der Waals surface area contributed by atoms with Crippen molar-refractivity contribution in [1.29, 1.82) is 0 Å². The molecule has 0 saturated heterocycles. The van der Waals surface area contributed by atoms with Crippen molar-refractivity contribution in [3.8, 4) is 11.5 Å². The van der Waals surface area contributed by atoms with Crippen molar-refractivity contribution in [2.45, 2.75) is 45.7 Å². The molecule has 0 unspecified atom stereocenters. The Balaban J connectivity index is 1.86. The zero-order chi connectivity index (χ0) is 19.1. The number of aromatic nitrogens is 2. The Hall–Kier alpha value is -2.05. The number of phenolic OH excluding ortho intramolecular Hbond substituents is 1. The van der Waals surface area contributed by atoms with E-state index in [1.165, 1.54) is 7.11 Å². The molecule has 2 aromatic rings. The van der Waals surface area contributed by atoms with Crippen LogP contribution in [-0.2, 0) is 24.9 Å². The third-order valence-electron chi connectivity index (χ3n) is 4.64. The third-order valence-corrected chi connectivity index (χ3v) is 5.06. The number of fused-ring (bicyclic) bond motifs is 1. The van der Waals surface area contributed by atoms with E-state index in [9.17, 15) is 9.90 Å². The largest absolute Gasteiger partial charge is 0.503 e. The van der Waals surface area contributed by atoms with Crippen LogP contribution in [-0.4, -0.2) is 33.6 Å². The maximum absolute atomic E-state index is 12.4. The molecule has 0 bridgehead atoms. The van der Waals surface area contributed by atoms with Gasteiger partial charge in [-0.3, -0.25) is 9.69 Å². The Morgan fingerprint density at radius 1 is 1.38 bits per heavy atom. The summed E-state index contributed by atoms with van der Waals surface area (Å²) in [5.41, 5.74) is 2.13. The van der Waals surface area contributed by atoms with Gasteiger partial charge in [0.2, 0.25) is 0 Å². The Kier molecular flexibility index (Phi) is 4.99. The summed E-state index contributed by atoms with van der Waals surface area (Å²) in [7, 11) is 1.49. The number of hydrogen-bond acceptors (Lipinski definition) is 5. The molecule has 6 nitrogen and oxygen atoms in total. The fraction of sp³-hybridized carbons (Fsp3) is 0.474. The van der Waals surface area contributed by atoms with E-state index in [4.69, 9.17) is 21.3 Å². The molecule has 0 fully saturated rings. The van der Waals surface area contributed by atoms with Crippen molar-refractivity contribution < 1.29 is 9.84 Å². The minimum atomic E-state index is -0.221. The van der Waals surface area contributed by atoms with E-state index in [2.05, 4.69) is 9.88 Å². The summed E-state index contributed by atoms with van der Waals surface area (Å²) in [6.07, 6.45) is 0.641. The second-order valence-electron chi connectivity index (χ2n) is 7.64. The monoisotopic (exact) mass is 377 g/mol. The standard InChI is InChI=1S/C19H24ClN3O3/c1-19(2,3)18-21-13-10-23(8-7-12(13)17(25)22-18)9-11-5-6-14(26-4)16(24)15(11)20/h5-6,24H,7-10H2,1-4H3,(H,21,22,25). The molecule has 0 radical (unpaired) electrons. The van der Waals surface area contributed by atoms with Gasteiger partial charge in [0, 0.05) is 30.6 Å². The summed E-state index contributed by atoms with van der Waals surface area (Å²) in [5, 5.41) is 10.4. The summed E-state index contributed by atoms with van der Waals surface area (Å²) in [4.78, 5) is 22.2. The average Bonchev–Trinajstić information content (AvgIpc) is 2.58. The zero-order valence-corrected chi connectivity index (χ0v) is 16.3. The number of methoxy groups -OCH3 is 1. The first-order chi connectivity index (χ1) is 12.2. The molecule has 140 valence electrons. The van der Waals surface area contributed by atoms with E-state index in [-0.39, 0.29) is 16.7 Å². The number of nitrogens with zero attached hydrogens (tertiary/aromatic N) is 2.